The first-order valence-corrected chi connectivity index (χ1v) is 12.5. The van der Waals surface area contributed by atoms with Crippen LogP contribution in [0.4, 0.5) is 0 Å². The summed E-state index contributed by atoms with van der Waals surface area (Å²) in [7, 11) is 0. The molecule has 0 radical (unpaired) electrons. The number of hydrogen-bond acceptors (Lipinski definition) is 2. The third-order valence-corrected chi connectivity index (χ3v) is 6.91. The molecular weight excluding hydrogens is 378 g/mol. The average molecular weight is 418 g/mol. The Bertz CT molecular complexity index is 779. The second kappa shape index (κ2) is 13.2. The summed E-state index contributed by atoms with van der Waals surface area (Å²) in [5, 5.41) is 8.92. The Balaban J connectivity index is 1.28. The quantitative estimate of drug-likeness (QED) is 0.324. The molecule has 2 nitrogen and oxygen atoms in total. The van der Waals surface area contributed by atoms with Crippen molar-refractivity contribution in [3.05, 3.63) is 54.1 Å². The van der Waals surface area contributed by atoms with Gasteiger partial charge in [-0.15, -0.1) is 0 Å². The van der Waals surface area contributed by atoms with E-state index in [4.69, 9.17) is 10.00 Å². The number of unbranched alkanes of at least 4 members (excludes halogenated alkanes) is 4. The fraction of sp³-hybridized carbons (Fsp3) is 0.552. The van der Waals surface area contributed by atoms with Crippen molar-refractivity contribution in [1.82, 2.24) is 0 Å². The van der Waals surface area contributed by atoms with Crippen LogP contribution in [0.5, 0.6) is 5.75 Å². The molecule has 0 N–H and O–H groups in total. The summed E-state index contributed by atoms with van der Waals surface area (Å²) in [5.41, 5.74) is 2.97. The van der Waals surface area contributed by atoms with Gasteiger partial charge in [-0.05, 0) is 60.1 Å². The van der Waals surface area contributed by atoms with Crippen LogP contribution in [0.2, 0.25) is 0 Å². The molecular formula is C29H39NO. The van der Waals surface area contributed by atoms with Crippen LogP contribution in [0.1, 0.15) is 89.5 Å². The fourth-order valence-corrected chi connectivity index (χ4v) is 4.89. The van der Waals surface area contributed by atoms with E-state index in [-0.39, 0.29) is 0 Å². The number of rotatable bonds is 12. The molecule has 0 unspecified atom stereocenters. The summed E-state index contributed by atoms with van der Waals surface area (Å²) in [6, 6.07) is 18.2. The van der Waals surface area contributed by atoms with Crippen LogP contribution >= 0.6 is 0 Å². The van der Waals surface area contributed by atoms with Crippen molar-refractivity contribution in [2.24, 2.45) is 11.8 Å². The summed E-state index contributed by atoms with van der Waals surface area (Å²) < 4.78 is 5.99. The predicted octanol–water partition coefficient (Wildman–Crippen LogP) is 8.55. The van der Waals surface area contributed by atoms with E-state index in [0.29, 0.717) is 5.56 Å². The standard InChI is InChI=1S/C29H39NO/c1-2-3-4-5-6-8-24-10-12-25(13-11-24)9-7-22-31-29-20-18-28(19-21-29)27-16-14-26(23-30)15-17-27/h14-21,24-25H,2-13,22H2,1H3/t24-,25-. The lowest BCUT2D eigenvalue weighted by Gasteiger charge is -2.28. The van der Waals surface area contributed by atoms with Gasteiger partial charge >= 0.3 is 0 Å². The summed E-state index contributed by atoms with van der Waals surface area (Å²) in [6.45, 7) is 3.11. The molecule has 0 amide bonds. The Labute approximate surface area is 189 Å². The first-order valence-electron chi connectivity index (χ1n) is 12.5. The maximum absolute atomic E-state index is 8.92. The zero-order valence-electron chi connectivity index (χ0n) is 19.3. The van der Waals surface area contributed by atoms with Crippen molar-refractivity contribution in [3.63, 3.8) is 0 Å². The van der Waals surface area contributed by atoms with Gasteiger partial charge in [-0.3, -0.25) is 0 Å². The molecule has 31 heavy (non-hydrogen) atoms. The van der Waals surface area contributed by atoms with Crippen LogP contribution in [0.25, 0.3) is 11.1 Å². The van der Waals surface area contributed by atoms with Crippen molar-refractivity contribution in [1.29, 1.82) is 5.26 Å². The smallest absolute Gasteiger partial charge is 0.119 e. The molecule has 2 heteroatoms. The maximum atomic E-state index is 8.92. The molecule has 166 valence electrons. The minimum Gasteiger partial charge on any atom is -0.494 e. The molecule has 1 saturated carbocycles. The van der Waals surface area contributed by atoms with Crippen molar-refractivity contribution in [2.75, 3.05) is 6.61 Å². The lowest BCUT2D eigenvalue weighted by molar-refractivity contribution is 0.228. The van der Waals surface area contributed by atoms with Gasteiger partial charge in [-0.2, -0.15) is 5.26 Å². The molecule has 3 rings (SSSR count). The predicted molar refractivity (Wildman–Crippen MR) is 130 cm³/mol. The highest BCUT2D eigenvalue weighted by Crippen LogP contribution is 2.34. The van der Waals surface area contributed by atoms with Crippen LogP contribution in [0.15, 0.2) is 48.5 Å². The van der Waals surface area contributed by atoms with E-state index in [1.165, 1.54) is 70.6 Å². The van der Waals surface area contributed by atoms with Crippen molar-refractivity contribution in [2.45, 2.75) is 84.0 Å². The highest BCUT2D eigenvalue weighted by atomic mass is 16.5. The summed E-state index contributed by atoms with van der Waals surface area (Å²) in [4.78, 5) is 0. The van der Waals surface area contributed by atoms with Gasteiger partial charge in [-0.1, -0.05) is 95.4 Å². The topological polar surface area (TPSA) is 33.0 Å². The summed E-state index contributed by atoms with van der Waals surface area (Å²) >= 11 is 0. The van der Waals surface area contributed by atoms with Gasteiger partial charge in [-0.25, -0.2) is 0 Å². The highest BCUT2D eigenvalue weighted by molar-refractivity contribution is 5.64. The molecule has 0 aliphatic heterocycles. The second-order valence-electron chi connectivity index (χ2n) is 9.29. The van der Waals surface area contributed by atoms with Crippen molar-refractivity contribution in [3.8, 4) is 22.9 Å². The molecule has 0 spiro atoms. The lowest BCUT2D eigenvalue weighted by Crippen LogP contribution is -2.15. The Morgan fingerprint density at radius 1 is 0.742 bits per heavy atom. The van der Waals surface area contributed by atoms with Crippen LogP contribution in [0, 0.1) is 23.2 Å². The summed E-state index contributed by atoms with van der Waals surface area (Å²) in [6.07, 6.45) is 16.8. The van der Waals surface area contributed by atoms with E-state index < -0.39 is 0 Å². The zero-order valence-corrected chi connectivity index (χ0v) is 19.3. The number of nitrogens with zero attached hydrogens (tertiary/aromatic N) is 1. The highest BCUT2D eigenvalue weighted by Gasteiger charge is 2.20. The molecule has 0 bridgehead atoms. The van der Waals surface area contributed by atoms with E-state index in [1.54, 1.807) is 0 Å². The Morgan fingerprint density at radius 3 is 1.87 bits per heavy atom. The van der Waals surface area contributed by atoms with Gasteiger partial charge < -0.3 is 4.74 Å². The van der Waals surface area contributed by atoms with Gasteiger partial charge in [0.15, 0.2) is 0 Å². The van der Waals surface area contributed by atoms with Crippen LogP contribution in [0.3, 0.4) is 0 Å². The second-order valence-corrected chi connectivity index (χ2v) is 9.29. The number of ether oxygens (including phenoxy) is 1. The van der Waals surface area contributed by atoms with Crippen LogP contribution in [-0.4, -0.2) is 6.61 Å². The molecule has 0 aromatic heterocycles. The fourth-order valence-electron chi connectivity index (χ4n) is 4.89. The number of nitriles is 1. The van der Waals surface area contributed by atoms with E-state index in [0.717, 1.165) is 41.7 Å². The van der Waals surface area contributed by atoms with E-state index in [2.05, 4.69) is 37.3 Å². The van der Waals surface area contributed by atoms with Crippen molar-refractivity contribution < 1.29 is 4.74 Å². The largest absolute Gasteiger partial charge is 0.494 e. The first-order chi connectivity index (χ1) is 15.3. The first kappa shape index (κ1) is 23.4. The van der Waals surface area contributed by atoms with Crippen LogP contribution in [-0.2, 0) is 0 Å². The van der Waals surface area contributed by atoms with E-state index in [9.17, 15) is 0 Å². The zero-order chi connectivity index (χ0) is 21.7. The molecule has 0 saturated heterocycles. The third kappa shape index (κ3) is 8.06. The van der Waals surface area contributed by atoms with Gasteiger partial charge in [0.05, 0.1) is 18.2 Å². The van der Waals surface area contributed by atoms with Gasteiger partial charge in [0.1, 0.15) is 5.75 Å². The lowest BCUT2D eigenvalue weighted by atomic mass is 9.78. The molecule has 1 aliphatic carbocycles. The minimum absolute atomic E-state index is 0.694. The van der Waals surface area contributed by atoms with E-state index >= 15 is 0 Å². The Morgan fingerprint density at radius 2 is 1.29 bits per heavy atom. The minimum atomic E-state index is 0.694. The Hall–Kier alpha value is -2.27. The third-order valence-electron chi connectivity index (χ3n) is 6.91. The molecule has 0 atom stereocenters. The summed E-state index contributed by atoms with van der Waals surface area (Å²) in [5.74, 6) is 2.87. The maximum Gasteiger partial charge on any atom is 0.119 e. The SMILES string of the molecule is CCCCCCC[C@H]1CC[C@H](CCCOc2ccc(-c3ccc(C#N)cc3)cc2)CC1. The molecule has 1 aliphatic rings. The monoisotopic (exact) mass is 417 g/mol. The number of hydrogen-bond donors (Lipinski definition) is 0. The van der Waals surface area contributed by atoms with Gasteiger partial charge in [0.2, 0.25) is 0 Å². The number of benzene rings is 2. The normalized spacial score (nSPS) is 18.5. The average Bonchev–Trinajstić information content (AvgIpc) is 2.83. The van der Waals surface area contributed by atoms with Crippen LogP contribution < -0.4 is 4.74 Å². The molecule has 2 aromatic carbocycles. The molecule has 0 heterocycles. The van der Waals surface area contributed by atoms with E-state index in [1.807, 2.05) is 24.3 Å². The van der Waals surface area contributed by atoms with Crippen molar-refractivity contribution >= 4 is 0 Å². The Kier molecular flexibility index (Phi) is 9.97. The molecule has 2 aromatic rings. The van der Waals surface area contributed by atoms with Gasteiger partial charge in [0, 0.05) is 0 Å². The molecule has 1 fully saturated rings. The van der Waals surface area contributed by atoms with Gasteiger partial charge in [0.25, 0.3) is 0 Å².